The molecule has 0 aliphatic carbocycles. The molecule has 4 N–H and O–H groups in total. The highest BCUT2D eigenvalue weighted by atomic mass is 32.2. The van der Waals surface area contributed by atoms with Crippen molar-refractivity contribution in [1.29, 1.82) is 0 Å². The molecule has 0 unspecified atom stereocenters. The second-order valence-corrected chi connectivity index (χ2v) is 5.93. The molecule has 1 aromatic carbocycles. The van der Waals surface area contributed by atoms with Gasteiger partial charge < -0.3 is 15.8 Å². The standard InChI is InChI=1S/C12H21N3O3S/c1-3-18-11-7-4-6-10(12(11)13)14-8-5-9-15-19(2,16)17/h4,6-7,14-15H,3,5,8-9,13H2,1-2H3. The lowest BCUT2D eigenvalue weighted by molar-refractivity contribution is 0.342. The lowest BCUT2D eigenvalue weighted by atomic mass is 10.2. The number of nitrogens with one attached hydrogen (secondary N) is 2. The number of anilines is 2. The van der Waals surface area contributed by atoms with E-state index in [-0.39, 0.29) is 0 Å². The molecule has 0 spiro atoms. The van der Waals surface area contributed by atoms with Crippen molar-refractivity contribution in [2.75, 3.05) is 37.0 Å². The second kappa shape index (κ2) is 7.20. The highest BCUT2D eigenvalue weighted by Gasteiger charge is 2.05. The van der Waals surface area contributed by atoms with E-state index >= 15 is 0 Å². The predicted octanol–water partition coefficient (Wildman–Crippen LogP) is 1.02. The number of rotatable bonds is 8. The fourth-order valence-corrected chi connectivity index (χ4v) is 2.06. The Bertz CT molecular complexity index is 503. The van der Waals surface area contributed by atoms with Gasteiger partial charge in [0.15, 0.2) is 0 Å². The number of sulfonamides is 1. The molecular weight excluding hydrogens is 266 g/mol. The summed E-state index contributed by atoms with van der Waals surface area (Å²) in [5.41, 5.74) is 7.32. The van der Waals surface area contributed by atoms with Gasteiger partial charge in [-0.2, -0.15) is 0 Å². The summed E-state index contributed by atoms with van der Waals surface area (Å²) in [6.07, 6.45) is 1.81. The lowest BCUT2D eigenvalue weighted by Gasteiger charge is -2.13. The van der Waals surface area contributed by atoms with Crippen LogP contribution >= 0.6 is 0 Å². The topological polar surface area (TPSA) is 93.5 Å². The summed E-state index contributed by atoms with van der Waals surface area (Å²) in [6, 6.07) is 5.54. The lowest BCUT2D eigenvalue weighted by Crippen LogP contribution is -2.24. The molecule has 0 saturated carbocycles. The van der Waals surface area contributed by atoms with Gasteiger partial charge in [0.05, 0.1) is 24.2 Å². The van der Waals surface area contributed by atoms with Gasteiger partial charge in [0.1, 0.15) is 5.75 Å². The molecule has 0 atom stereocenters. The molecule has 19 heavy (non-hydrogen) atoms. The maximum atomic E-state index is 10.9. The highest BCUT2D eigenvalue weighted by Crippen LogP contribution is 2.29. The Kier molecular flexibility index (Phi) is 5.91. The van der Waals surface area contributed by atoms with Crippen LogP contribution in [0.5, 0.6) is 5.75 Å². The van der Waals surface area contributed by atoms with Crippen molar-refractivity contribution in [3.8, 4) is 5.75 Å². The Morgan fingerprint density at radius 3 is 2.68 bits per heavy atom. The average molecular weight is 287 g/mol. The van der Waals surface area contributed by atoms with Crippen molar-refractivity contribution in [3.05, 3.63) is 18.2 Å². The number of para-hydroxylation sites is 1. The van der Waals surface area contributed by atoms with E-state index in [0.29, 0.717) is 37.6 Å². The minimum Gasteiger partial charge on any atom is -0.492 e. The van der Waals surface area contributed by atoms with Gasteiger partial charge in [0.25, 0.3) is 0 Å². The Morgan fingerprint density at radius 2 is 2.05 bits per heavy atom. The van der Waals surface area contributed by atoms with E-state index in [1.54, 1.807) is 0 Å². The first-order valence-corrected chi connectivity index (χ1v) is 8.03. The molecule has 0 amide bonds. The zero-order valence-electron chi connectivity index (χ0n) is 11.3. The Hall–Kier alpha value is -1.47. The number of hydrogen-bond acceptors (Lipinski definition) is 5. The van der Waals surface area contributed by atoms with Gasteiger partial charge in [-0.05, 0) is 25.5 Å². The van der Waals surface area contributed by atoms with Crippen LogP contribution < -0.4 is 20.5 Å². The zero-order valence-corrected chi connectivity index (χ0v) is 12.1. The largest absolute Gasteiger partial charge is 0.492 e. The molecule has 0 aliphatic rings. The first-order valence-electron chi connectivity index (χ1n) is 6.14. The summed E-state index contributed by atoms with van der Waals surface area (Å²) in [5, 5.41) is 3.16. The third kappa shape index (κ3) is 5.80. The second-order valence-electron chi connectivity index (χ2n) is 4.10. The monoisotopic (exact) mass is 287 g/mol. The van der Waals surface area contributed by atoms with E-state index in [2.05, 4.69) is 10.0 Å². The summed E-state index contributed by atoms with van der Waals surface area (Å²) < 4.78 is 29.6. The van der Waals surface area contributed by atoms with Gasteiger partial charge >= 0.3 is 0 Å². The molecule has 0 bridgehead atoms. The summed E-state index contributed by atoms with van der Waals surface area (Å²) in [4.78, 5) is 0. The van der Waals surface area contributed by atoms with E-state index < -0.39 is 10.0 Å². The fraction of sp³-hybridized carbons (Fsp3) is 0.500. The van der Waals surface area contributed by atoms with Crippen molar-refractivity contribution >= 4 is 21.4 Å². The molecular formula is C12H21N3O3S. The maximum Gasteiger partial charge on any atom is 0.208 e. The smallest absolute Gasteiger partial charge is 0.208 e. The van der Waals surface area contributed by atoms with Crippen LogP contribution in [0.15, 0.2) is 18.2 Å². The quantitative estimate of drug-likeness (QED) is 0.490. The third-order valence-corrected chi connectivity index (χ3v) is 3.13. The summed E-state index contributed by atoms with van der Waals surface area (Å²) in [5.74, 6) is 0.654. The first kappa shape index (κ1) is 15.6. The van der Waals surface area contributed by atoms with Gasteiger partial charge in [-0.15, -0.1) is 0 Å². The number of hydrogen-bond donors (Lipinski definition) is 3. The summed E-state index contributed by atoms with van der Waals surface area (Å²) in [6.45, 7) is 3.49. The van der Waals surface area contributed by atoms with Crippen LogP contribution in [0.2, 0.25) is 0 Å². The predicted molar refractivity (Wildman–Crippen MR) is 78.0 cm³/mol. The van der Waals surface area contributed by atoms with Gasteiger partial charge in [-0.3, -0.25) is 0 Å². The fourth-order valence-electron chi connectivity index (χ4n) is 1.55. The molecule has 0 fully saturated rings. The zero-order chi connectivity index (χ0) is 14.3. The maximum absolute atomic E-state index is 10.9. The van der Waals surface area contributed by atoms with Crippen molar-refractivity contribution in [1.82, 2.24) is 4.72 Å². The van der Waals surface area contributed by atoms with Crippen LogP contribution in [0, 0.1) is 0 Å². The molecule has 6 nitrogen and oxygen atoms in total. The van der Waals surface area contributed by atoms with Crippen molar-refractivity contribution in [2.45, 2.75) is 13.3 Å². The van der Waals surface area contributed by atoms with E-state index in [4.69, 9.17) is 10.5 Å². The first-order chi connectivity index (χ1) is 8.94. The van der Waals surface area contributed by atoms with Crippen LogP contribution in [0.3, 0.4) is 0 Å². The third-order valence-electron chi connectivity index (χ3n) is 2.40. The van der Waals surface area contributed by atoms with Gasteiger partial charge in [0.2, 0.25) is 10.0 Å². The van der Waals surface area contributed by atoms with Gasteiger partial charge in [0, 0.05) is 13.1 Å². The molecule has 0 aromatic heterocycles. The normalized spacial score (nSPS) is 11.3. The van der Waals surface area contributed by atoms with Crippen molar-refractivity contribution < 1.29 is 13.2 Å². The number of ether oxygens (including phenoxy) is 1. The minimum atomic E-state index is -3.11. The highest BCUT2D eigenvalue weighted by molar-refractivity contribution is 7.88. The Morgan fingerprint density at radius 1 is 1.32 bits per heavy atom. The van der Waals surface area contributed by atoms with Crippen molar-refractivity contribution in [3.63, 3.8) is 0 Å². The molecule has 0 aliphatic heterocycles. The molecule has 0 saturated heterocycles. The van der Waals surface area contributed by atoms with Crippen LogP contribution in [-0.4, -0.2) is 34.4 Å². The average Bonchev–Trinajstić information content (AvgIpc) is 2.32. The minimum absolute atomic E-state index is 0.400. The van der Waals surface area contributed by atoms with E-state index in [9.17, 15) is 8.42 Å². The number of benzene rings is 1. The number of nitrogen functional groups attached to an aromatic ring is 1. The molecule has 108 valence electrons. The molecule has 0 radical (unpaired) electrons. The number of nitrogens with two attached hydrogens (primary N) is 1. The van der Waals surface area contributed by atoms with Crippen LogP contribution in [0.25, 0.3) is 0 Å². The van der Waals surface area contributed by atoms with Gasteiger partial charge in [-0.1, -0.05) is 6.07 Å². The SMILES string of the molecule is CCOc1cccc(NCCCNS(C)(=O)=O)c1N. The van der Waals surface area contributed by atoms with E-state index in [0.717, 1.165) is 11.9 Å². The van der Waals surface area contributed by atoms with E-state index in [1.807, 2.05) is 25.1 Å². The van der Waals surface area contributed by atoms with Crippen molar-refractivity contribution in [2.24, 2.45) is 0 Å². The summed E-state index contributed by atoms with van der Waals surface area (Å²) >= 11 is 0. The molecule has 1 aromatic rings. The van der Waals surface area contributed by atoms with Crippen LogP contribution in [0.4, 0.5) is 11.4 Å². The molecule has 1 rings (SSSR count). The Labute approximate surface area is 114 Å². The molecule has 7 heteroatoms. The van der Waals surface area contributed by atoms with Crippen LogP contribution in [0.1, 0.15) is 13.3 Å². The van der Waals surface area contributed by atoms with E-state index in [1.165, 1.54) is 0 Å². The Balaban J connectivity index is 2.43. The van der Waals surface area contributed by atoms with Crippen LogP contribution in [-0.2, 0) is 10.0 Å². The molecule has 0 heterocycles. The van der Waals surface area contributed by atoms with Gasteiger partial charge in [-0.25, -0.2) is 13.1 Å². The summed E-state index contributed by atoms with van der Waals surface area (Å²) in [7, 11) is -3.11.